The Morgan fingerprint density at radius 1 is 1.37 bits per heavy atom. The van der Waals surface area contributed by atoms with Gasteiger partial charge in [0.25, 0.3) is 5.91 Å². The van der Waals surface area contributed by atoms with Crippen molar-refractivity contribution in [3.63, 3.8) is 0 Å². The number of carbonyl (C=O) groups is 1. The Balaban J connectivity index is 2.30. The number of hydrogen-bond acceptors (Lipinski definition) is 7. The van der Waals surface area contributed by atoms with E-state index < -0.39 is 22.3 Å². The summed E-state index contributed by atoms with van der Waals surface area (Å²) < 4.78 is 0. The summed E-state index contributed by atoms with van der Waals surface area (Å²) in [5.74, 6) is -1.55. The van der Waals surface area contributed by atoms with E-state index in [4.69, 9.17) is 0 Å². The molecule has 9 heteroatoms. The Morgan fingerprint density at radius 3 is 2.79 bits per heavy atom. The quantitative estimate of drug-likeness (QED) is 0.615. The van der Waals surface area contributed by atoms with Gasteiger partial charge in [0.15, 0.2) is 0 Å². The second kappa shape index (κ2) is 5.04. The first-order valence-corrected chi connectivity index (χ1v) is 5.01. The van der Waals surface area contributed by atoms with Crippen molar-refractivity contribution in [1.82, 2.24) is 15.2 Å². The van der Waals surface area contributed by atoms with Gasteiger partial charge in [-0.2, -0.15) is 5.10 Å². The minimum Gasteiger partial charge on any atom is -0.502 e. The second-order valence-corrected chi connectivity index (χ2v) is 3.35. The molecule has 96 valence electrons. The molecule has 0 aliphatic rings. The van der Waals surface area contributed by atoms with Crippen molar-refractivity contribution in [3.05, 3.63) is 46.3 Å². The van der Waals surface area contributed by atoms with Gasteiger partial charge in [0.05, 0.1) is 22.9 Å². The van der Waals surface area contributed by atoms with E-state index in [-0.39, 0.29) is 11.5 Å². The molecule has 0 atom stereocenters. The van der Waals surface area contributed by atoms with Crippen molar-refractivity contribution in [2.24, 2.45) is 0 Å². The van der Waals surface area contributed by atoms with Crippen LogP contribution in [0.15, 0.2) is 30.6 Å². The molecule has 19 heavy (non-hydrogen) atoms. The van der Waals surface area contributed by atoms with E-state index in [1.165, 1.54) is 24.5 Å². The van der Waals surface area contributed by atoms with Crippen molar-refractivity contribution in [3.8, 4) is 5.75 Å². The summed E-state index contributed by atoms with van der Waals surface area (Å²) in [5, 5.41) is 29.6. The summed E-state index contributed by atoms with van der Waals surface area (Å²) in [6, 6.07) is 3.62. The third kappa shape index (κ3) is 2.60. The first-order chi connectivity index (χ1) is 9.09. The first kappa shape index (κ1) is 12.4. The molecule has 1 aromatic carbocycles. The second-order valence-electron chi connectivity index (χ2n) is 3.35. The Bertz CT molecular complexity index is 631. The summed E-state index contributed by atoms with van der Waals surface area (Å²) in [6.45, 7) is 0. The number of nitro benzene ring substituents is 1. The fraction of sp³-hybridized carbons (Fsp3) is 0. The minimum atomic E-state index is -0.785. The third-order valence-corrected chi connectivity index (χ3v) is 2.16. The lowest BCUT2D eigenvalue weighted by Crippen LogP contribution is -2.15. The van der Waals surface area contributed by atoms with E-state index in [2.05, 4.69) is 20.5 Å². The van der Waals surface area contributed by atoms with E-state index in [0.717, 1.165) is 6.07 Å². The van der Waals surface area contributed by atoms with Crippen molar-refractivity contribution in [2.45, 2.75) is 0 Å². The zero-order valence-corrected chi connectivity index (χ0v) is 9.35. The predicted octanol–water partition coefficient (Wildman–Crippen LogP) is 0.738. The standard InChI is InChI=1S/C10H7N5O4/c16-8-6(2-1-3-7(8)15(18)19)9(17)13-10-11-4-5-12-14-10/h1-5,16H,(H,11,13,14,17). The Labute approximate surface area is 106 Å². The minimum absolute atomic E-state index is 0.0709. The van der Waals surface area contributed by atoms with Crippen LogP contribution in [-0.4, -0.2) is 31.1 Å². The van der Waals surface area contributed by atoms with Gasteiger partial charge in [0.2, 0.25) is 11.7 Å². The average Bonchev–Trinajstić information content (AvgIpc) is 2.39. The number of phenols is 1. The van der Waals surface area contributed by atoms with Crippen molar-refractivity contribution >= 4 is 17.5 Å². The van der Waals surface area contributed by atoms with Gasteiger partial charge in [0.1, 0.15) is 0 Å². The molecule has 1 amide bonds. The van der Waals surface area contributed by atoms with E-state index in [9.17, 15) is 20.0 Å². The molecule has 9 nitrogen and oxygen atoms in total. The van der Waals surface area contributed by atoms with Crippen molar-refractivity contribution < 1.29 is 14.8 Å². The Kier molecular flexibility index (Phi) is 3.28. The maximum Gasteiger partial charge on any atom is 0.311 e. The number of rotatable bonds is 3. The number of hydrogen-bond donors (Lipinski definition) is 2. The molecule has 1 heterocycles. The molecule has 0 saturated carbocycles. The van der Waals surface area contributed by atoms with Crippen LogP contribution in [0.4, 0.5) is 11.6 Å². The van der Waals surface area contributed by atoms with Crippen LogP contribution in [0.1, 0.15) is 10.4 Å². The van der Waals surface area contributed by atoms with Gasteiger partial charge in [0, 0.05) is 6.07 Å². The maximum absolute atomic E-state index is 11.8. The molecular formula is C10H7N5O4. The summed E-state index contributed by atoms with van der Waals surface area (Å²) >= 11 is 0. The fourth-order valence-corrected chi connectivity index (χ4v) is 1.34. The van der Waals surface area contributed by atoms with Crippen LogP contribution in [0.5, 0.6) is 5.75 Å². The highest BCUT2D eigenvalue weighted by Gasteiger charge is 2.21. The van der Waals surface area contributed by atoms with Crippen LogP contribution in [0, 0.1) is 10.1 Å². The molecule has 0 unspecified atom stereocenters. The smallest absolute Gasteiger partial charge is 0.311 e. The fourth-order valence-electron chi connectivity index (χ4n) is 1.34. The molecule has 0 saturated heterocycles. The Hall–Kier alpha value is -3.10. The molecule has 0 aliphatic carbocycles. The zero-order valence-electron chi connectivity index (χ0n) is 9.35. The molecule has 0 bridgehead atoms. The number of anilines is 1. The number of amides is 1. The number of nitro groups is 1. The topological polar surface area (TPSA) is 131 Å². The monoisotopic (exact) mass is 261 g/mol. The normalized spacial score (nSPS) is 9.89. The molecule has 2 rings (SSSR count). The molecule has 2 aromatic rings. The lowest BCUT2D eigenvalue weighted by molar-refractivity contribution is -0.385. The molecule has 0 spiro atoms. The van der Waals surface area contributed by atoms with Gasteiger partial charge in [-0.05, 0) is 6.07 Å². The molecular weight excluding hydrogens is 254 g/mol. The van der Waals surface area contributed by atoms with E-state index in [0.29, 0.717) is 0 Å². The number of para-hydroxylation sites is 1. The van der Waals surface area contributed by atoms with E-state index in [1.807, 2.05) is 0 Å². The van der Waals surface area contributed by atoms with Crippen LogP contribution < -0.4 is 5.32 Å². The summed E-state index contributed by atoms with van der Waals surface area (Å²) in [6.07, 6.45) is 2.64. The van der Waals surface area contributed by atoms with Gasteiger partial charge in [-0.3, -0.25) is 20.2 Å². The van der Waals surface area contributed by atoms with E-state index in [1.54, 1.807) is 0 Å². The lowest BCUT2D eigenvalue weighted by atomic mass is 10.1. The van der Waals surface area contributed by atoms with Crippen LogP contribution >= 0.6 is 0 Å². The molecule has 0 aliphatic heterocycles. The van der Waals surface area contributed by atoms with Gasteiger partial charge < -0.3 is 5.11 Å². The van der Waals surface area contributed by atoms with Gasteiger partial charge in [-0.15, -0.1) is 5.10 Å². The van der Waals surface area contributed by atoms with Crippen LogP contribution in [0.2, 0.25) is 0 Å². The summed E-state index contributed by atoms with van der Waals surface area (Å²) in [5.41, 5.74) is -0.804. The number of carbonyl (C=O) groups excluding carboxylic acids is 1. The van der Waals surface area contributed by atoms with Crippen molar-refractivity contribution in [1.29, 1.82) is 0 Å². The highest BCUT2D eigenvalue weighted by atomic mass is 16.6. The van der Waals surface area contributed by atoms with Crippen molar-refractivity contribution in [2.75, 3.05) is 5.32 Å². The van der Waals surface area contributed by atoms with Crippen LogP contribution in [0.3, 0.4) is 0 Å². The highest BCUT2D eigenvalue weighted by Crippen LogP contribution is 2.29. The highest BCUT2D eigenvalue weighted by molar-refractivity contribution is 6.06. The zero-order chi connectivity index (χ0) is 13.8. The average molecular weight is 261 g/mol. The lowest BCUT2D eigenvalue weighted by Gasteiger charge is -2.04. The predicted molar refractivity (Wildman–Crippen MR) is 62.5 cm³/mol. The SMILES string of the molecule is O=C(Nc1nccnn1)c1cccc([N+](=O)[O-])c1O. The summed E-state index contributed by atoms with van der Waals surface area (Å²) in [7, 11) is 0. The Morgan fingerprint density at radius 2 is 2.16 bits per heavy atom. The van der Waals surface area contributed by atoms with Gasteiger partial charge >= 0.3 is 5.69 Å². The first-order valence-electron chi connectivity index (χ1n) is 5.01. The third-order valence-electron chi connectivity index (χ3n) is 2.16. The molecule has 1 aromatic heterocycles. The number of benzene rings is 1. The number of aromatic hydroxyl groups is 1. The molecule has 0 radical (unpaired) electrons. The molecule has 0 fully saturated rings. The largest absolute Gasteiger partial charge is 0.502 e. The van der Waals surface area contributed by atoms with Crippen LogP contribution in [0.25, 0.3) is 0 Å². The number of phenolic OH excluding ortho intramolecular Hbond substituents is 1. The number of nitrogens with zero attached hydrogens (tertiary/aromatic N) is 4. The number of aromatic nitrogens is 3. The van der Waals surface area contributed by atoms with Gasteiger partial charge in [-0.1, -0.05) is 6.07 Å². The number of nitrogens with one attached hydrogen (secondary N) is 1. The maximum atomic E-state index is 11.8. The van der Waals surface area contributed by atoms with Crippen LogP contribution in [-0.2, 0) is 0 Å². The molecule has 2 N–H and O–H groups in total. The van der Waals surface area contributed by atoms with E-state index >= 15 is 0 Å². The summed E-state index contributed by atoms with van der Waals surface area (Å²) in [4.78, 5) is 25.4. The van der Waals surface area contributed by atoms with Gasteiger partial charge in [-0.25, -0.2) is 4.98 Å².